The molecule has 78 valence electrons. The quantitative estimate of drug-likeness (QED) is 0.658. The number of hydrogen-bond donors (Lipinski definition) is 0. The lowest BCUT2D eigenvalue weighted by Crippen LogP contribution is -2.10. The van der Waals surface area contributed by atoms with Gasteiger partial charge in [-0.3, -0.25) is 0 Å². The summed E-state index contributed by atoms with van der Waals surface area (Å²) in [6.07, 6.45) is 4.12. The summed E-state index contributed by atoms with van der Waals surface area (Å²) in [5, 5.41) is 0. The van der Waals surface area contributed by atoms with Crippen molar-refractivity contribution >= 4 is 0 Å². The normalized spacial score (nSPS) is 11.7. The molecular formula is C14H17N. The van der Waals surface area contributed by atoms with Crippen molar-refractivity contribution in [1.29, 1.82) is 0 Å². The highest BCUT2D eigenvalue weighted by Gasteiger charge is 2.12. The van der Waals surface area contributed by atoms with Crippen LogP contribution in [0.2, 0.25) is 0 Å². The maximum atomic E-state index is 2.23. The predicted molar refractivity (Wildman–Crippen MR) is 64.5 cm³/mol. The minimum atomic E-state index is 0.231. The van der Waals surface area contributed by atoms with Gasteiger partial charge in [0.25, 0.3) is 0 Å². The van der Waals surface area contributed by atoms with Gasteiger partial charge < -0.3 is 4.57 Å². The first kappa shape index (κ1) is 10.0. The summed E-state index contributed by atoms with van der Waals surface area (Å²) in [5.41, 5.74) is 2.82. The molecule has 1 aromatic heterocycles. The van der Waals surface area contributed by atoms with Gasteiger partial charge in [-0.1, -0.05) is 32.9 Å². The first-order chi connectivity index (χ1) is 7.07. The van der Waals surface area contributed by atoms with Crippen molar-refractivity contribution in [3.63, 3.8) is 0 Å². The number of rotatable bonds is 1. The van der Waals surface area contributed by atoms with E-state index in [1.165, 1.54) is 11.3 Å². The molecule has 0 bridgehead atoms. The fourth-order valence-corrected chi connectivity index (χ4v) is 1.64. The van der Waals surface area contributed by atoms with Gasteiger partial charge in [-0.2, -0.15) is 0 Å². The molecule has 0 unspecified atom stereocenters. The Kier molecular flexibility index (Phi) is 2.39. The molecule has 0 fully saturated rings. The molecule has 15 heavy (non-hydrogen) atoms. The average molecular weight is 199 g/mol. The Bertz CT molecular complexity index is 415. The molecule has 0 aliphatic rings. The molecule has 0 aliphatic carbocycles. The van der Waals surface area contributed by atoms with Crippen LogP contribution < -0.4 is 0 Å². The molecule has 1 heterocycles. The molecule has 1 heteroatoms. The maximum Gasteiger partial charge on any atom is 0.0449 e. The highest BCUT2D eigenvalue weighted by molar-refractivity contribution is 5.37. The van der Waals surface area contributed by atoms with Crippen molar-refractivity contribution < 1.29 is 0 Å². The highest BCUT2D eigenvalue weighted by Crippen LogP contribution is 2.23. The number of hydrogen-bond acceptors (Lipinski definition) is 0. The fourth-order valence-electron chi connectivity index (χ4n) is 1.64. The molecule has 0 spiro atoms. The molecule has 0 N–H and O–H groups in total. The van der Waals surface area contributed by atoms with E-state index in [9.17, 15) is 0 Å². The third kappa shape index (κ3) is 2.12. The second-order valence-electron chi connectivity index (χ2n) is 4.89. The van der Waals surface area contributed by atoms with Gasteiger partial charge in [0.05, 0.1) is 0 Å². The van der Waals surface area contributed by atoms with Crippen LogP contribution in [0.3, 0.4) is 0 Å². The number of nitrogens with zero attached hydrogens (tertiary/aromatic N) is 1. The van der Waals surface area contributed by atoms with Crippen LogP contribution >= 0.6 is 0 Å². The van der Waals surface area contributed by atoms with Crippen molar-refractivity contribution in [1.82, 2.24) is 4.57 Å². The summed E-state index contributed by atoms with van der Waals surface area (Å²) in [6.45, 7) is 6.70. The lowest BCUT2D eigenvalue weighted by atomic mass is 9.87. The van der Waals surface area contributed by atoms with Crippen LogP contribution in [0.1, 0.15) is 26.3 Å². The molecule has 0 radical (unpaired) electrons. The van der Waals surface area contributed by atoms with E-state index in [1.807, 2.05) is 12.1 Å². The Labute approximate surface area is 91.4 Å². The standard InChI is InChI=1S/C14H17N/c1-14(2,3)12-6-8-13(9-7-12)15-10-4-5-11-15/h4-11H,1-3H3. The highest BCUT2D eigenvalue weighted by atomic mass is 14.9. The lowest BCUT2D eigenvalue weighted by Gasteiger charge is -2.19. The van der Waals surface area contributed by atoms with E-state index in [0.29, 0.717) is 0 Å². The van der Waals surface area contributed by atoms with Crippen LogP contribution in [-0.4, -0.2) is 4.57 Å². The Morgan fingerprint density at radius 1 is 0.867 bits per heavy atom. The van der Waals surface area contributed by atoms with Gasteiger partial charge in [0.2, 0.25) is 0 Å². The number of aromatic nitrogens is 1. The molecule has 0 atom stereocenters. The van der Waals surface area contributed by atoms with Gasteiger partial charge in [0.1, 0.15) is 0 Å². The van der Waals surface area contributed by atoms with Crippen molar-refractivity contribution in [2.45, 2.75) is 26.2 Å². The minimum Gasteiger partial charge on any atom is -0.324 e. The monoisotopic (exact) mass is 199 g/mol. The first-order valence-electron chi connectivity index (χ1n) is 5.31. The largest absolute Gasteiger partial charge is 0.324 e. The topological polar surface area (TPSA) is 4.93 Å². The minimum absolute atomic E-state index is 0.231. The van der Waals surface area contributed by atoms with Crippen molar-refractivity contribution in [2.24, 2.45) is 0 Å². The fraction of sp³-hybridized carbons (Fsp3) is 0.286. The second-order valence-corrected chi connectivity index (χ2v) is 4.89. The zero-order valence-corrected chi connectivity index (χ0v) is 9.57. The first-order valence-corrected chi connectivity index (χ1v) is 5.31. The SMILES string of the molecule is CC(C)(C)c1ccc(-n2cccc2)cc1. The van der Waals surface area contributed by atoms with E-state index in [2.05, 4.69) is 62.0 Å². The third-order valence-electron chi connectivity index (χ3n) is 2.64. The average Bonchev–Trinajstić information content (AvgIpc) is 2.69. The van der Waals surface area contributed by atoms with Crippen LogP contribution in [-0.2, 0) is 5.41 Å². The molecule has 2 rings (SSSR count). The summed E-state index contributed by atoms with van der Waals surface area (Å²) < 4.78 is 2.12. The van der Waals surface area contributed by atoms with Gasteiger partial charge in [-0.05, 0) is 35.2 Å². The predicted octanol–water partition coefficient (Wildman–Crippen LogP) is 3.77. The van der Waals surface area contributed by atoms with Gasteiger partial charge >= 0.3 is 0 Å². The van der Waals surface area contributed by atoms with E-state index in [0.717, 1.165) is 0 Å². The Balaban J connectivity index is 2.33. The molecule has 0 amide bonds. The van der Waals surface area contributed by atoms with Gasteiger partial charge in [-0.25, -0.2) is 0 Å². The zero-order chi connectivity index (χ0) is 10.9. The Morgan fingerprint density at radius 3 is 1.87 bits per heavy atom. The van der Waals surface area contributed by atoms with E-state index in [-0.39, 0.29) is 5.41 Å². The molecular weight excluding hydrogens is 182 g/mol. The smallest absolute Gasteiger partial charge is 0.0449 e. The number of benzene rings is 1. The molecule has 0 saturated heterocycles. The summed E-state index contributed by atoms with van der Waals surface area (Å²) in [6, 6.07) is 12.8. The Morgan fingerprint density at radius 2 is 1.40 bits per heavy atom. The van der Waals surface area contributed by atoms with Crippen LogP contribution in [0.25, 0.3) is 5.69 Å². The molecule has 1 aromatic carbocycles. The van der Waals surface area contributed by atoms with Crippen LogP contribution in [0, 0.1) is 0 Å². The van der Waals surface area contributed by atoms with Gasteiger partial charge in [-0.15, -0.1) is 0 Å². The molecule has 2 aromatic rings. The van der Waals surface area contributed by atoms with Crippen LogP contribution in [0.5, 0.6) is 0 Å². The lowest BCUT2D eigenvalue weighted by molar-refractivity contribution is 0.590. The summed E-state index contributed by atoms with van der Waals surface area (Å²) in [4.78, 5) is 0. The van der Waals surface area contributed by atoms with E-state index < -0.39 is 0 Å². The summed E-state index contributed by atoms with van der Waals surface area (Å²) in [7, 11) is 0. The van der Waals surface area contributed by atoms with E-state index in [1.54, 1.807) is 0 Å². The van der Waals surface area contributed by atoms with E-state index in [4.69, 9.17) is 0 Å². The zero-order valence-electron chi connectivity index (χ0n) is 9.57. The molecule has 0 saturated carbocycles. The van der Waals surface area contributed by atoms with E-state index >= 15 is 0 Å². The van der Waals surface area contributed by atoms with Crippen molar-refractivity contribution in [3.8, 4) is 5.69 Å². The van der Waals surface area contributed by atoms with Gasteiger partial charge in [0, 0.05) is 18.1 Å². The van der Waals surface area contributed by atoms with Crippen molar-refractivity contribution in [2.75, 3.05) is 0 Å². The van der Waals surface area contributed by atoms with Crippen LogP contribution in [0.15, 0.2) is 48.8 Å². The molecule has 0 aliphatic heterocycles. The van der Waals surface area contributed by atoms with Crippen molar-refractivity contribution in [3.05, 3.63) is 54.4 Å². The summed E-state index contributed by atoms with van der Waals surface area (Å²) >= 11 is 0. The third-order valence-corrected chi connectivity index (χ3v) is 2.64. The maximum absolute atomic E-state index is 2.23. The second kappa shape index (κ2) is 3.58. The molecule has 1 nitrogen and oxygen atoms in total. The van der Waals surface area contributed by atoms with Gasteiger partial charge in [0.15, 0.2) is 0 Å². The summed E-state index contributed by atoms with van der Waals surface area (Å²) in [5.74, 6) is 0. The van der Waals surface area contributed by atoms with Crippen LogP contribution in [0.4, 0.5) is 0 Å². The Hall–Kier alpha value is -1.50.